The van der Waals surface area contributed by atoms with Gasteiger partial charge in [0, 0.05) is 13.7 Å². The highest BCUT2D eigenvalue weighted by molar-refractivity contribution is 5.85. The summed E-state index contributed by atoms with van der Waals surface area (Å²) in [5.41, 5.74) is 0. The minimum Gasteiger partial charge on any atom is -0.374 e. The topological polar surface area (TPSA) is 29.5 Å². The summed E-state index contributed by atoms with van der Waals surface area (Å²) in [5, 5.41) is 0. The average Bonchev–Trinajstić information content (AvgIpc) is 1.88. The second-order valence-electron chi connectivity index (χ2n) is 2.72. The fraction of sp³-hybridized carbons (Fsp3) is 0.857. The molecule has 1 saturated heterocycles. The second-order valence-corrected chi connectivity index (χ2v) is 2.72. The first-order valence-electron chi connectivity index (χ1n) is 3.48. The zero-order valence-electron chi connectivity index (χ0n) is 6.46. The lowest BCUT2D eigenvalue weighted by atomic mass is 10.1. The van der Waals surface area contributed by atoms with E-state index in [9.17, 15) is 4.79 Å². The molecule has 0 bridgehead atoms. The minimum absolute atomic E-state index is 0.142. The number of methoxy groups -OCH3 is 1. The minimum atomic E-state index is -0.142. The first-order chi connectivity index (χ1) is 4.74. The fourth-order valence-corrected chi connectivity index (χ4v) is 1.19. The number of likely N-dealkylation sites (N-methyl/N-ethyl adjacent to an activating group) is 1. The van der Waals surface area contributed by atoms with Gasteiger partial charge in [0.1, 0.15) is 6.10 Å². The van der Waals surface area contributed by atoms with Crippen molar-refractivity contribution in [1.82, 2.24) is 4.90 Å². The van der Waals surface area contributed by atoms with E-state index in [2.05, 4.69) is 0 Å². The van der Waals surface area contributed by atoms with E-state index < -0.39 is 0 Å². The molecule has 3 heteroatoms. The highest BCUT2D eigenvalue weighted by Crippen LogP contribution is 2.07. The highest BCUT2D eigenvalue weighted by Gasteiger charge is 2.24. The lowest BCUT2D eigenvalue weighted by molar-refractivity contribution is -0.133. The summed E-state index contributed by atoms with van der Waals surface area (Å²) in [6, 6.07) is 0. The molecule has 0 aromatic rings. The van der Waals surface area contributed by atoms with Gasteiger partial charge in [0.25, 0.3) is 0 Å². The maximum absolute atomic E-state index is 11.1. The van der Waals surface area contributed by atoms with Crippen molar-refractivity contribution in [1.29, 1.82) is 0 Å². The molecule has 1 heterocycles. The molecule has 0 amide bonds. The zero-order valence-corrected chi connectivity index (χ0v) is 6.46. The average molecular weight is 143 g/mol. The first kappa shape index (κ1) is 7.69. The van der Waals surface area contributed by atoms with E-state index >= 15 is 0 Å². The Morgan fingerprint density at radius 1 is 1.70 bits per heavy atom. The van der Waals surface area contributed by atoms with Crippen molar-refractivity contribution in [3.05, 3.63) is 0 Å². The number of nitrogens with zero attached hydrogens (tertiary/aromatic N) is 1. The largest absolute Gasteiger partial charge is 0.374 e. The number of hydrogen-bond acceptors (Lipinski definition) is 3. The Bertz CT molecular complexity index is 136. The van der Waals surface area contributed by atoms with Gasteiger partial charge in [0.05, 0.1) is 6.54 Å². The van der Waals surface area contributed by atoms with E-state index in [0.29, 0.717) is 6.54 Å². The van der Waals surface area contributed by atoms with Crippen LogP contribution in [0.2, 0.25) is 0 Å². The van der Waals surface area contributed by atoms with Crippen LogP contribution < -0.4 is 0 Å². The maximum atomic E-state index is 11.1. The molecule has 1 rings (SSSR count). The van der Waals surface area contributed by atoms with E-state index in [1.165, 1.54) is 0 Å². The number of carbonyl (C=O) groups excluding carboxylic acids is 1. The van der Waals surface area contributed by atoms with Crippen molar-refractivity contribution in [2.75, 3.05) is 27.2 Å². The molecule has 0 saturated carbocycles. The van der Waals surface area contributed by atoms with Crippen LogP contribution in [0, 0.1) is 0 Å². The number of ether oxygens (including phenoxy) is 1. The van der Waals surface area contributed by atoms with Crippen LogP contribution in [0.1, 0.15) is 6.42 Å². The molecule has 10 heavy (non-hydrogen) atoms. The third kappa shape index (κ3) is 1.55. The number of piperidine rings is 1. The standard InChI is InChI=1S/C7H13NO2/c1-8-4-3-7(10-2)6(9)5-8/h7H,3-5H2,1-2H3. The van der Waals surface area contributed by atoms with E-state index in [0.717, 1.165) is 13.0 Å². The van der Waals surface area contributed by atoms with Crippen molar-refractivity contribution in [2.24, 2.45) is 0 Å². The van der Waals surface area contributed by atoms with Gasteiger partial charge >= 0.3 is 0 Å². The van der Waals surface area contributed by atoms with Crippen LogP contribution in [-0.2, 0) is 9.53 Å². The lowest BCUT2D eigenvalue weighted by Crippen LogP contribution is -2.42. The number of Topliss-reactive ketones (excluding diaryl/α,β-unsaturated/α-hetero) is 1. The number of ketones is 1. The Balaban J connectivity index is 2.43. The third-order valence-electron chi connectivity index (χ3n) is 1.84. The third-order valence-corrected chi connectivity index (χ3v) is 1.84. The number of carbonyl (C=O) groups is 1. The maximum Gasteiger partial charge on any atom is 0.175 e. The summed E-state index contributed by atoms with van der Waals surface area (Å²) >= 11 is 0. The first-order valence-corrected chi connectivity index (χ1v) is 3.48. The summed E-state index contributed by atoms with van der Waals surface area (Å²) in [6.45, 7) is 1.50. The molecule has 1 atom stereocenters. The second kappa shape index (κ2) is 3.12. The van der Waals surface area contributed by atoms with Gasteiger partial charge in [0.2, 0.25) is 0 Å². The quantitative estimate of drug-likeness (QED) is 0.513. The van der Waals surface area contributed by atoms with Crippen molar-refractivity contribution < 1.29 is 9.53 Å². The van der Waals surface area contributed by atoms with Crippen LogP contribution in [0.25, 0.3) is 0 Å². The summed E-state index contributed by atoms with van der Waals surface area (Å²) in [7, 11) is 3.54. The van der Waals surface area contributed by atoms with Crippen LogP contribution in [0.4, 0.5) is 0 Å². The van der Waals surface area contributed by atoms with E-state index in [1.807, 2.05) is 11.9 Å². The number of rotatable bonds is 1. The monoisotopic (exact) mass is 143 g/mol. The van der Waals surface area contributed by atoms with Gasteiger partial charge in [-0.05, 0) is 13.5 Å². The molecule has 0 N–H and O–H groups in total. The van der Waals surface area contributed by atoms with Gasteiger partial charge in [-0.1, -0.05) is 0 Å². The Morgan fingerprint density at radius 3 is 2.90 bits per heavy atom. The van der Waals surface area contributed by atoms with Gasteiger partial charge in [-0.3, -0.25) is 9.69 Å². The molecule has 1 unspecified atom stereocenters. The van der Waals surface area contributed by atoms with Gasteiger partial charge in [-0.25, -0.2) is 0 Å². The molecule has 0 aromatic carbocycles. The van der Waals surface area contributed by atoms with Crippen LogP contribution in [0.15, 0.2) is 0 Å². The van der Waals surface area contributed by atoms with Gasteiger partial charge < -0.3 is 4.74 Å². The fourth-order valence-electron chi connectivity index (χ4n) is 1.19. The van der Waals surface area contributed by atoms with Crippen molar-refractivity contribution in [3.63, 3.8) is 0 Å². The molecule has 1 aliphatic heterocycles. The Labute approximate surface area is 61.0 Å². The summed E-state index contributed by atoms with van der Waals surface area (Å²) in [6.07, 6.45) is 0.697. The molecule has 1 aliphatic rings. The Kier molecular flexibility index (Phi) is 2.40. The summed E-state index contributed by atoms with van der Waals surface area (Å²) in [5.74, 6) is 0.205. The van der Waals surface area contributed by atoms with Crippen molar-refractivity contribution >= 4 is 5.78 Å². The lowest BCUT2D eigenvalue weighted by Gasteiger charge is -2.26. The number of likely N-dealkylation sites (tertiary alicyclic amines) is 1. The van der Waals surface area contributed by atoms with Crippen molar-refractivity contribution in [2.45, 2.75) is 12.5 Å². The number of hydrogen-bond donors (Lipinski definition) is 0. The SMILES string of the molecule is COC1CCN(C)CC1=O. The van der Waals surface area contributed by atoms with Gasteiger partial charge in [-0.2, -0.15) is 0 Å². The zero-order chi connectivity index (χ0) is 7.56. The van der Waals surface area contributed by atoms with Crippen LogP contribution in [0.3, 0.4) is 0 Å². The predicted molar refractivity (Wildman–Crippen MR) is 37.9 cm³/mol. The highest BCUT2D eigenvalue weighted by atomic mass is 16.5. The summed E-state index contributed by atoms with van der Waals surface area (Å²) in [4.78, 5) is 13.1. The van der Waals surface area contributed by atoms with Crippen LogP contribution >= 0.6 is 0 Å². The molecule has 0 spiro atoms. The molecule has 3 nitrogen and oxygen atoms in total. The molecule has 0 aromatic heterocycles. The molecular formula is C7H13NO2. The molecule has 0 radical (unpaired) electrons. The molecule has 58 valence electrons. The van der Waals surface area contributed by atoms with E-state index in [1.54, 1.807) is 7.11 Å². The smallest absolute Gasteiger partial charge is 0.175 e. The molecule has 1 fully saturated rings. The van der Waals surface area contributed by atoms with Crippen molar-refractivity contribution in [3.8, 4) is 0 Å². The van der Waals surface area contributed by atoms with E-state index in [4.69, 9.17) is 4.74 Å². The molecule has 0 aliphatic carbocycles. The van der Waals surface area contributed by atoms with E-state index in [-0.39, 0.29) is 11.9 Å². The molecular weight excluding hydrogens is 130 g/mol. The van der Waals surface area contributed by atoms with Gasteiger partial charge in [0.15, 0.2) is 5.78 Å². The van der Waals surface area contributed by atoms with Crippen LogP contribution in [-0.4, -0.2) is 44.0 Å². The summed E-state index contributed by atoms with van der Waals surface area (Å²) < 4.78 is 4.98. The van der Waals surface area contributed by atoms with Crippen LogP contribution in [0.5, 0.6) is 0 Å². The predicted octanol–water partition coefficient (Wildman–Crippen LogP) is -0.0940. The Hall–Kier alpha value is -0.410. The Morgan fingerprint density at radius 2 is 2.40 bits per heavy atom. The van der Waals surface area contributed by atoms with Gasteiger partial charge in [-0.15, -0.1) is 0 Å². The normalized spacial score (nSPS) is 29.0.